The highest BCUT2D eigenvalue weighted by Crippen LogP contribution is 2.04. The van der Waals surface area contributed by atoms with E-state index in [-0.39, 0.29) is 0 Å². The maximum Gasteiger partial charge on any atom is 0.00660 e. The van der Waals surface area contributed by atoms with Gasteiger partial charge in [0, 0.05) is 5.33 Å². The van der Waals surface area contributed by atoms with Crippen LogP contribution in [0.1, 0.15) is 33.1 Å². The van der Waals surface area contributed by atoms with Crippen LogP contribution >= 0.6 is 15.9 Å². The van der Waals surface area contributed by atoms with Crippen LogP contribution in [0.15, 0.2) is 11.6 Å². The molecule has 54 valence electrons. The fraction of sp³-hybridized carbons (Fsp3) is 0.750. The number of hydrogen-bond acceptors (Lipinski definition) is 0. The van der Waals surface area contributed by atoms with E-state index in [2.05, 4.69) is 35.9 Å². The molecular weight excluding hydrogens is 176 g/mol. The first-order valence-corrected chi connectivity index (χ1v) is 4.65. The minimum atomic E-state index is 1.09. The van der Waals surface area contributed by atoms with Crippen molar-refractivity contribution in [2.45, 2.75) is 33.1 Å². The van der Waals surface area contributed by atoms with Crippen LogP contribution in [-0.4, -0.2) is 5.33 Å². The first-order chi connectivity index (χ1) is 4.31. The van der Waals surface area contributed by atoms with Gasteiger partial charge >= 0.3 is 0 Å². The quantitative estimate of drug-likeness (QED) is 0.471. The molecule has 0 aliphatic carbocycles. The molecule has 0 rings (SSSR count). The molecule has 0 aromatic rings. The van der Waals surface area contributed by atoms with Crippen LogP contribution in [0, 0.1) is 0 Å². The van der Waals surface area contributed by atoms with Gasteiger partial charge in [-0.05, 0) is 19.8 Å². The monoisotopic (exact) mass is 190 g/mol. The molecule has 0 amide bonds. The molecule has 0 atom stereocenters. The van der Waals surface area contributed by atoms with Gasteiger partial charge in [-0.3, -0.25) is 0 Å². The van der Waals surface area contributed by atoms with E-state index in [4.69, 9.17) is 0 Å². The first kappa shape index (κ1) is 9.22. The minimum absolute atomic E-state index is 1.09. The standard InChI is InChI=1S/C8H15Br/c1-3-5-8(2)6-4-7-9/h6H,3-5,7H2,1-2H3/b8-6-. The van der Waals surface area contributed by atoms with Crippen molar-refractivity contribution in [1.29, 1.82) is 0 Å². The number of alkyl halides is 1. The Labute approximate surface area is 66.5 Å². The lowest BCUT2D eigenvalue weighted by molar-refractivity contribution is 0.897. The van der Waals surface area contributed by atoms with E-state index in [1.54, 1.807) is 0 Å². The van der Waals surface area contributed by atoms with Gasteiger partial charge in [0.25, 0.3) is 0 Å². The Morgan fingerprint density at radius 2 is 2.22 bits per heavy atom. The minimum Gasteiger partial charge on any atom is -0.0925 e. The van der Waals surface area contributed by atoms with Crippen LogP contribution in [0.4, 0.5) is 0 Å². The van der Waals surface area contributed by atoms with E-state index in [0.717, 1.165) is 5.33 Å². The first-order valence-electron chi connectivity index (χ1n) is 3.52. The molecule has 0 aromatic heterocycles. The second-order valence-corrected chi connectivity index (χ2v) is 3.07. The summed E-state index contributed by atoms with van der Waals surface area (Å²) in [7, 11) is 0. The highest BCUT2D eigenvalue weighted by molar-refractivity contribution is 9.09. The van der Waals surface area contributed by atoms with Crippen molar-refractivity contribution in [2.24, 2.45) is 0 Å². The molecule has 0 fully saturated rings. The van der Waals surface area contributed by atoms with Gasteiger partial charge in [-0.2, -0.15) is 0 Å². The van der Waals surface area contributed by atoms with Crippen molar-refractivity contribution in [3.63, 3.8) is 0 Å². The van der Waals surface area contributed by atoms with Crippen molar-refractivity contribution in [3.8, 4) is 0 Å². The third-order valence-electron chi connectivity index (χ3n) is 1.25. The maximum atomic E-state index is 3.38. The smallest absolute Gasteiger partial charge is 0.00660 e. The molecule has 9 heavy (non-hydrogen) atoms. The van der Waals surface area contributed by atoms with Gasteiger partial charge in [0.05, 0.1) is 0 Å². The molecule has 0 bridgehead atoms. The Morgan fingerprint density at radius 3 is 2.67 bits per heavy atom. The molecule has 0 aliphatic heterocycles. The van der Waals surface area contributed by atoms with Crippen LogP contribution in [0.5, 0.6) is 0 Å². The van der Waals surface area contributed by atoms with Gasteiger partial charge in [0.1, 0.15) is 0 Å². The lowest BCUT2D eigenvalue weighted by Crippen LogP contribution is -1.75. The van der Waals surface area contributed by atoms with E-state index in [1.165, 1.54) is 24.8 Å². The number of rotatable bonds is 4. The summed E-state index contributed by atoms with van der Waals surface area (Å²) >= 11 is 3.38. The highest BCUT2D eigenvalue weighted by Gasteiger charge is 1.84. The summed E-state index contributed by atoms with van der Waals surface area (Å²) in [6.45, 7) is 4.41. The van der Waals surface area contributed by atoms with Crippen molar-refractivity contribution in [3.05, 3.63) is 11.6 Å². The van der Waals surface area contributed by atoms with E-state index < -0.39 is 0 Å². The number of halogens is 1. The molecule has 0 nitrogen and oxygen atoms in total. The summed E-state index contributed by atoms with van der Waals surface area (Å²) in [5, 5.41) is 1.09. The summed E-state index contributed by atoms with van der Waals surface area (Å²) < 4.78 is 0. The zero-order valence-electron chi connectivity index (χ0n) is 6.28. The number of hydrogen-bond donors (Lipinski definition) is 0. The van der Waals surface area contributed by atoms with Crippen molar-refractivity contribution in [2.75, 3.05) is 5.33 Å². The van der Waals surface area contributed by atoms with Gasteiger partial charge in [-0.1, -0.05) is 40.9 Å². The Bertz CT molecular complexity index is 84.6. The third kappa shape index (κ3) is 6.10. The third-order valence-corrected chi connectivity index (χ3v) is 1.70. The zero-order chi connectivity index (χ0) is 7.11. The fourth-order valence-corrected chi connectivity index (χ4v) is 1.03. The molecule has 0 radical (unpaired) electrons. The Morgan fingerprint density at radius 1 is 1.56 bits per heavy atom. The maximum absolute atomic E-state index is 3.38. The molecule has 0 heterocycles. The normalized spacial score (nSPS) is 12.1. The molecular formula is C8H15Br. The molecule has 0 saturated carbocycles. The van der Waals surface area contributed by atoms with Crippen molar-refractivity contribution in [1.82, 2.24) is 0 Å². The van der Waals surface area contributed by atoms with Crippen LogP contribution in [-0.2, 0) is 0 Å². The average Bonchev–Trinajstić information content (AvgIpc) is 1.85. The highest BCUT2D eigenvalue weighted by atomic mass is 79.9. The summed E-state index contributed by atoms with van der Waals surface area (Å²) in [4.78, 5) is 0. The summed E-state index contributed by atoms with van der Waals surface area (Å²) in [5.41, 5.74) is 1.52. The predicted molar refractivity (Wildman–Crippen MR) is 47.1 cm³/mol. The fourth-order valence-electron chi connectivity index (χ4n) is 0.797. The second-order valence-electron chi connectivity index (χ2n) is 2.28. The SMILES string of the molecule is CCC/C(C)=C\CCBr. The number of allylic oxidation sites excluding steroid dienone is 2. The average molecular weight is 191 g/mol. The van der Waals surface area contributed by atoms with Gasteiger partial charge in [-0.25, -0.2) is 0 Å². The molecule has 0 aromatic carbocycles. The lowest BCUT2D eigenvalue weighted by Gasteiger charge is -1.94. The summed E-state index contributed by atoms with van der Waals surface area (Å²) in [5.74, 6) is 0. The van der Waals surface area contributed by atoms with Crippen LogP contribution < -0.4 is 0 Å². The predicted octanol–water partition coefficient (Wildman–Crippen LogP) is 3.52. The van der Waals surface area contributed by atoms with Crippen molar-refractivity contribution < 1.29 is 0 Å². The summed E-state index contributed by atoms with van der Waals surface area (Å²) in [6.07, 6.45) is 6.00. The van der Waals surface area contributed by atoms with E-state index >= 15 is 0 Å². The van der Waals surface area contributed by atoms with Crippen LogP contribution in [0.2, 0.25) is 0 Å². The lowest BCUT2D eigenvalue weighted by atomic mass is 10.1. The topological polar surface area (TPSA) is 0 Å². The van der Waals surface area contributed by atoms with E-state index in [0.29, 0.717) is 0 Å². The Kier molecular flexibility index (Phi) is 6.50. The molecule has 0 aliphatic rings. The van der Waals surface area contributed by atoms with Gasteiger partial charge in [0.15, 0.2) is 0 Å². The van der Waals surface area contributed by atoms with Gasteiger partial charge < -0.3 is 0 Å². The van der Waals surface area contributed by atoms with Crippen LogP contribution in [0.25, 0.3) is 0 Å². The molecule has 0 N–H and O–H groups in total. The van der Waals surface area contributed by atoms with Gasteiger partial charge in [-0.15, -0.1) is 0 Å². The Hall–Kier alpha value is 0.220. The molecule has 0 unspecified atom stereocenters. The molecule has 0 saturated heterocycles. The van der Waals surface area contributed by atoms with Gasteiger partial charge in [0.2, 0.25) is 0 Å². The zero-order valence-corrected chi connectivity index (χ0v) is 7.87. The van der Waals surface area contributed by atoms with Crippen LogP contribution in [0.3, 0.4) is 0 Å². The largest absolute Gasteiger partial charge is 0.0925 e. The van der Waals surface area contributed by atoms with Crippen molar-refractivity contribution >= 4 is 15.9 Å². The molecule has 1 heteroatoms. The molecule has 0 spiro atoms. The van der Waals surface area contributed by atoms with E-state index in [1.807, 2.05) is 0 Å². The summed E-state index contributed by atoms with van der Waals surface area (Å²) in [6, 6.07) is 0. The Balaban J connectivity index is 3.30. The second kappa shape index (κ2) is 6.34. The van der Waals surface area contributed by atoms with E-state index in [9.17, 15) is 0 Å².